The van der Waals surface area contributed by atoms with Gasteiger partial charge in [0, 0.05) is 18.6 Å². The SMILES string of the molecule is C#CCN[C@@H]1CC(N)[C@@H](O[C@H]2OC(CN)[C@@H](O)C(O)[C@@H]2O)C(O)[C@@H]1OC1O[C@H](CO)[C@@H](O)C(N)[C@H]1O. The lowest BCUT2D eigenvalue weighted by Crippen LogP contribution is -2.69. The summed E-state index contributed by atoms with van der Waals surface area (Å²) in [7, 11) is 0. The summed E-state index contributed by atoms with van der Waals surface area (Å²) >= 11 is 0. The van der Waals surface area contributed by atoms with Crippen LogP contribution >= 0.6 is 0 Å². The summed E-state index contributed by atoms with van der Waals surface area (Å²) in [6.07, 6.45) is -11.1. The third-order valence-electron chi connectivity index (χ3n) is 6.90. The van der Waals surface area contributed by atoms with Crippen LogP contribution in [0.3, 0.4) is 0 Å². The summed E-state index contributed by atoms with van der Waals surface area (Å²) in [5.41, 5.74) is 17.7. The Kier molecular flexibility index (Phi) is 10.4. The average Bonchev–Trinajstić information content (AvgIpc) is 2.86. The summed E-state index contributed by atoms with van der Waals surface area (Å²) in [4.78, 5) is 0. The predicted octanol–water partition coefficient (Wildman–Crippen LogP) is -7.03. The summed E-state index contributed by atoms with van der Waals surface area (Å²) in [5.74, 6) is 2.41. The average molecular weight is 523 g/mol. The maximum absolute atomic E-state index is 11.2. The van der Waals surface area contributed by atoms with Crippen LogP contribution in [0.5, 0.6) is 0 Å². The first-order valence-corrected chi connectivity index (χ1v) is 11.7. The van der Waals surface area contributed by atoms with Crippen molar-refractivity contribution >= 4 is 0 Å². The van der Waals surface area contributed by atoms with Crippen LogP contribution in [0.2, 0.25) is 0 Å². The molecule has 6 unspecified atom stereocenters. The Balaban J connectivity index is 1.80. The lowest BCUT2D eigenvalue weighted by Gasteiger charge is -2.48. The Morgan fingerprint density at radius 2 is 1.44 bits per heavy atom. The van der Waals surface area contributed by atoms with E-state index in [4.69, 9.17) is 42.6 Å². The fraction of sp³-hybridized carbons (Fsp3) is 0.905. The maximum atomic E-state index is 11.2. The first-order valence-electron chi connectivity index (χ1n) is 11.7. The molecule has 208 valence electrons. The molecule has 15 nitrogen and oxygen atoms in total. The fourth-order valence-corrected chi connectivity index (χ4v) is 4.75. The second kappa shape index (κ2) is 12.7. The molecule has 0 radical (unpaired) electrons. The van der Waals surface area contributed by atoms with E-state index in [-0.39, 0.29) is 19.5 Å². The minimum Gasteiger partial charge on any atom is -0.394 e. The number of terminal acetylenes is 1. The molecule has 0 aromatic heterocycles. The van der Waals surface area contributed by atoms with Crippen LogP contribution < -0.4 is 22.5 Å². The molecule has 3 aliphatic rings. The third-order valence-corrected chi connectivity index (χ3v) is 6.90. The van der Waals surface area contributed by atoms with Crippen LogP contribution in [0.25, 0.3) is 0 Å². The second-order valence-electron chi connectivity index (χ2n) is 9.32. The van der Waals surface area contributed by atoms with Gasteiger partial charge in [0.1, 0.15) is 61.0 Å². The van der Waals surface area contributed by atoms with Gasteiger partial charge in [0.25, 0.3) is 0 Å². The Hall–Kier alpha value is -1.04. The molecule has 15 heteroatoms. The number of rotatable bonds is 8. The molecular weight excluding hydrogens is 484 g/mol. The lowest BCUT2D eigenvalue weighted by atomic mass is 9.83. The van der Waals surface area contributed by atoms with Crippen molar-refractivity contribution in [1.82, 2.24) is 5.32 Å². The van der Waals surface area contributed by atoms with Gasteiger partial charge in [-0.2, -0.15) is 0 Å². The zero-order valence-corrected chi connectivity index (χ0v) is 19.6. The van der Waals surface area contributed by atoms with E-state index in [2.05, 4.69) is 11.2 Å². The number of aliphatic hydroxyl groups is 7. The van der Waals surface area contributed by atoms with Crippen LogP contribution in [0, 0.1) is 12.3 Å². The summed E-state index contributed by atoms with van der Waals surface area (Å²) in [6, 6.07) is -2.70. The summed E-state index contributed by atoms with van der Waals surface area (Å²) in [5, 5.41) is 74.8. The molecular formula is C21H38N4O11. The number of hydrogen-bond acceptors (Lipinski definition) is 15. The molecule has 2 aliphatic heterocycles. The quantitative estimate of drug-likeness (QED) is 0.132. The normalized spacial score (nSPS) is 50.0. The number of nitrogens with two attached hydrogens (primary N) is 3. The van der Waals surface area contributed by atoms with E-state index in [0.717, 1.165) is 0 Å². The Labute approximate surface area is 208 Å². The fourth-order valence-electron chi connectivity index (χ4n) is 4.75. The monoisotopic (exact) mass is 522 g/mol. The zero-order valence-electron chi connectivity index (χ0n) is 19.6. The highest BCUT2D eigenvalue weighted by Gasteiger charge is 2.52. The Bertz CT molecular complexity index is 743. The molecule has 0 aromatic carbocycles. The van der Waals surface area contributed by atoms with Crippen molar-refractivity contribution in [2.24, 2.45) is 17.2 Å². The Morgan fingerprint density at radius 1 is 0.833 bits per heavy atom. The van der Waals surface area contributed by atoms with Gasteiger partial charge in [0.15, 0.2) is 12.6 Å². The topological polar surface area (TPSA) is 269 Å². The van der Waals surface area contributed by atoms with E-state index in [1.807, 2.05) is 0 Å². The number of aliphatic hydroxyl groups excluding tert-OH is 7. The highest BCUT2D eigenvalue weighted by atomic mass is 16.7. The van der Waals surface area contributed by atoms with Crippen LogP contribution in [-0.4, -0.2) is 147 Å². The van der Waals surface area contributed by atoms with Crippen molar-refractivity contribution in [3.05, 3.63) is 0 Å². The standard InChI is InChI=1S/C21H38N4O11/c1-2-3-25-8-4-7(23)18(35-21-16(31)15(30)13(28)9(5-22)33-21)17(32)19(8)36-20-14(29)11(24)12(27)10(6-26)34-20/h1,7-21,25-32H,3-6,22-24H2/t7?,8-,9?,10-,11?,12-,13-,14-,15?,16+,17?,18-,19-,20?,21-/m1/s1. The van der Waals surface area contributed by atoms with Crippen molar-refractivity contribution in [2.45, 2.75) is 98.2 Å². The van der Waals surface area contributed by atoms with E-state index in [1.54, 1.807) is 0 Å². The second-order valence-corrected chi connectivity index (χ2v) is 9.32. The minimum atomic E-state index is -1.67. The molecule has 0 aromatic rings. The van der Waals surface area contributed by atoms with Gasteiger partial charge in [0.05, 0.1) is 19.2 Å². The molecule has 0 spiro atoms. The molecule has 36 heavy (non-hydrogen) atoms. The first kappa shape index (κ1) is 29.5. The van der Waals surface area contributed by atoms with Gasteiger partial charge in [-0.15, -0.1) is 6.42 Å². The van der Waals surface area contributed by atoms with Gasteiger partial charge in [-0.1, -0.05) is 5.92 Å². The van der Waals surface area contributed by atoms with Crippen molar-refractivity contribution in [3.8, 4) is 12.3 Å². The zero-order chi connectivity index (χ0) is 26.7. The lowest BCUT2D eigenvalue weighted by molar-refractivity contribution is -0.332. The highest BCUT2D eigenvalue weighted by Crippen LogP contribution is 2.31. The molecule has 0 bridgehead atoms. The van der Waals surface area contributed by atoms with E-state index in [1.165, 1.54) is 0 Å². The first-order chi connectivity index (χ1) is 17.0. The van der Waals surface area contributed by atoms with E-state index < -0.39 is 98.4 Å². The largest absolute Gasteiger partial charge is 0.394 e. The van der Waals surface area contributed by atoms with Gasteiger partial charge in [-0.25, -0.2) is 0 Å². The van der Waals surface area contributed by atoms with E-state index in [0.29, 0.717) is 0 Å². The van der Waals surface area contributed by atoms with E-state index >= 15 is 0 Å². The van der Waals surface area contributed by atoms with Crippen molar-refractivity contribution in [3.63, 3.8) is 0 Å². The van der Waals surface area contributed by atoms with Crippen LogP contribution in [0.4, 0.5) is 0 Å². The van der Waals surface area contributed by atoms with Gasteiger partial charge in [-0.05, 0) is 6.42 Å². The van der Waals surface area contributed by atoms with Gasteiger partial charge >= 0.3 is 0 Å². The van der Waals surface area contributed by atoms with Crippen molar-refractivity contribution in [1.29, 1.82) is 0 Å². The van der Waals surface area contributed by atoms with Crippen molar-refractivity contribution in [2.75, 3.05) is 19.7 Å². The Morgan fingerprint density at radius 3 is 2.06 bits per heavy atom. The molecule has 3 fully saturated rings. The van der Waals surface area contributed by atoms with E-state index in [9.17, 15) is 35.7 Å². The van der Waals surface area contributed by atoms with Crippen molar-refractivity contribution < 1.29 is 54.7 Å². The molecule has 1 aliphatic carbocycles. The summed E-state index contributed by atoms with van der Waals surface area (Å²) < 4.78 is 22.6. The van der Waals surface area contributed by atoms with Gasteiger partial charge < -0.3 is 77.2 Å². The van der Waals surface area contributed by atoms with Crippen LogP contribution in [-0.2, 0) is 18.9 Å². The van der Waals surface area contributed by atoms with Crippen LogP contribution in [0.1, 0.15) is 6.42 Å². The minimum absolute atomic E-state index is 0.0910. The number of nitrogens with one attached hydrogen (secondary N) is 1. The molecule has 0 amide bonds. The summed E-state index contributed by atoms with van der Waals surface area (Å²) in [6.45, 7) is -0.686. The molecule has 14 N–H and O–H groups in total. The number of ether oxygens (including phenoxy) is 4. The maximum Gasteiger partial charge on any atom is 0.187 e. The molecule has 3 rings (SSSR count). The predicted molar refractivity (Wildman–Crippen MR) is 120 cm³/mol. The van der Waals surface area contributed by atoms with Crippen LogP contribution in [0.15, 0.2) is 0 Å². The van der Waals surface area contributed by atoms with Gasteiger partial charge in [-0.3, -0.25) is 0 Å². The van der Waals surface area contributed by atoms with Gasteiger partial charge in [0.2, 0.25) is 0 Å². The third kappa shape index (κ3) is 5.99. The smallest absolute Gasteiger partial charge is 0.187 e. The molecule has 1 saturated carbocycles. The number of hydrogen-bond donors (Lipinski definition) is 11. The molecule has 2 saturated heterocycles. The molecule has 15 atom stereocenters. The highest BCUT2D eigenvalue weighted by molar-refractivity contribution is 5.03. The molecule has 2 heterocycles.